The van der Waals surface area contributed by atoms with Gasteiger partial charge < -0.3 is 0 Å². The molecular weight excluding hydrogens is 308 g/mol. The van der Waals surface area contributed by atoms with Gasteiger partial charge in [-0.25, -0.2) is 4.52 Å². The molecule has 0 spiro atoms. The van der Waals surface area contributed by atoms with Gasteiger partial charge in [0.2, 0.25) is 0 Å². The fraction of sp³-hybridized carbons (Fsp3) is 0.364. The van der Waals surface area contributed by atoms with Crippen LogP contribution in [0.4, 0.5) is 0 Å². The Morgan fingerprint density at radius 2 is 1.76 bits per heavy atom. The van der Waals surface area contributed by atoms with Crippen LogP contribution in [0.5, 0.6) is 0 Å². The number of nitrogens with zero attached hydrogens (tertiary/aromatic N) is 2. The van der Waals surface area contributed by atoms with Crippen molar-refractivity contribution in [1.29, 1.82) is 0 Å². The molecular formula is C22H26N2O. The second-order valence-corrected chi connectivity index (χ2v) is 7.86. The summed E-state index contributed by atoms with van der Waals surface area (Å²) in [6.45, 7) is 10.6. The minimum atomic E-state index is 0.153. The van der Waals surface area contributed by atoms with Crippen molar-refractivity contribution >= 4 is 11.3 Å². The second kappa shape index (κ2) is 6.47. The summed E-state index contributed by atoms with van der Waals surface area (Å²) in [5, 5.41) is 4.46. The largest absolute Gasteiger partial charge is 0.294 e. The van der Waals surface area contributed by atoms with E-state index in [1.165, 1.54) is 11.1 Å². The van der Waals surface area contributed by atoms with Gasteiger partial charge in [-0.3, -0.25) is 4.79 Å². The molecule has 0 aliphatic carbocycles. The van der Waals surface area contributed by atoms with Gasteiger partial charge in [0.1, 0.15) is 0 Å². The summed E-state index contributed by atoms with van der Waals surface area (Å²) < 4.78 is 1.80. The molecule has 0 amide bonds. The lowest BCUT2D eigenvalue weighted by Gasteiger charge is -2.19. The van der Waals surface area contributed by atoms with E-state index in [-0.39, 0.29) is 11.2 Å². The third-order valence-electron chi connectivity index (χ3n) is 4.71. The van der Waals surface area contributed by atoms with Crippen molar-refractivity contribution in [2.45, 2.75) is 52.9 Å². The van der Waals surface area contributed by atoms with Gasteiger partial charge >= 0.3 is 0 Å². The fourth-order valence-corrected chi connectivity index (χ4v) is 3.17. The molecule has 0 saturated heterocycles. The molecule has 3 nitrogen and oxygen atoms in total. The van der Waals surface area contributed by atoms with E-state index in [2.05, 4.69) is 50.1 Å². The molecule has 0 aliphatic heterocycles. The molecule has 3 aromatic rings. The Morgan fingerprint density at radius 3 is 2.40 bits per heavy atom. The molecule has 0 atom stereocenters. The average Bonchev–Trinajstić information content (AvgIpc) is 2.87. The summed E-state index contributed by atoms with van der Waals surface area (Å²) in [7, 11) is 0. The first-order valence-corrected chi connectivity index (χ1v) is 8.84. The highest BCUT2D eigenvalue weighted by Gasteiger charge is 2.17. The number of hydrogen-bond acceptors (Lipinski definition) is 2. The van der Waals surface area contributed by atoms with Crippen molar-refractivity contribution in [2.75, 3.05) is 0 Å². The topological polar surface area (TPSA) is 34.4 Å². The van der Waals surface area contributed by atoms with E-state index in [0.29, 0.717) is 6.42 Å². The summed E-state index contributed by atoms with van der Waals surface area (Å²) >= 11 is 0. The number of aromatic nitrogens is 2. The van der Waals surface area contributed by atoms with Crippen LogP contribution in [0.15, 0.2) is 42.6 Å². The maximum atomic E-state index is 12.8. The predicted octanol–water partition coefficient (Wildman–Crippen LogP) is 5.06. The van der Waals surface area contributed by atoms with Crippen LogP contribution < -0.4 is 0 Å². The van der Waals surface area contributed by atoms with E-state index in [9.17, 15) is 4.79 Å². The van der Waals surface area contributed by atoms with E-state index in [0.717, 1.165) is 28.8 Å². The van der Waals surface area contributed by atoms with E-state index in [1.54, 1.807) is 4.52 Å². The van der Waals surface area contributed by atoms with E-state index >= 15 is 0 Å². The highest BCUT2D eigenvalue weighted by molar-refractivity contribution is 6.03. The van der Waals surface area contributed by atoms with Crippen molar-refractivity contribution < 1.29 is 4.79 Å². The van der Waals surface area contributed by atoms with Crippen molar-refractivity contribution in [3.8, 4) is 0 Å². The van der Waals surface area contributed by atoms with Crippen LogP contribution in [0.2, 0.25) is 0 Å². The zero-order chi connectivity index (χ0) is 18.2. The van der Waals surface area contributed by atoms with Crippen LogP contribution in [0.25, 0.3) is 5.52 Å². The molecule has 25 heavy (non-hydrogen) atoms. The number of benzene rings is 1. The Bertz CT molecular complexity index is 912. The van der Waals surface area contributed by atoms with Gasteiger partial charge in [0.15, 0.2) is 5.78 Å². The Morgan fingerprint density at radius 1 is 1.08 bits per heavy atom. The van der Waals surface area contributed by atoms with Gasteiger partial charge in [-0.1, -0.05) is 45.0 Å². The maximum absolute atomic E-state index is 12.8. The number of fused-ring (bicyclic) bond motifs is 1. The van der Waals surface area contributed by atoms with Crippen molar-refractivity contribution in [2.24, 2.45) is 0 Å². The lowest BCUT2D eigenvalue weighted by Crippen LogP contribution is -2.10. The number of carbonyl (C=O) groups is 1. The quantitative estimate of drug-likeness (QED) is 0.625. The van der Waals surface area contributed by atoms with Crippen LogP contribution in [0, 0.1) is 13.8 Å². The summed E-state index contributed by atoms with van der Waals surface area (Å²) in [4.78, 5) is 12.8. The standard InChI is InChI=1S/C22H26N2O/c1-15-12-13-24-19(14-15)21(16(2)23-24)20(25)11-8-17-6-9-18(10-7-17)22(3,4)5/h6-7,9-10,12-14H,8,11H2,1-5H3. The molecule has 0 unspecified atom stereocenters. The van der Waals surface area contributed by atoms with Gasteiger partial charge in [0.05, 0.1) is 16.8 Å². The van der Waals surface area contributed by atoms with Crippen LogP contribution in [0.3, 0.4) is 0 Å². The molecule has 0 bridgehead atoms. The Hall–Kier alpha value is -2.42. The van der Waals surface area contributed by atoms with Crippen molar-refractivity contribution in [1.82, 2.24) is 9.61 Å². The van der Waals surface area contributed by atoms with E-state index < -0.39 is 0 Å². The Balaban J connectivity index is 1.77. The molecule has 3 heteroatoms. The first kappa shape index (κ1) is 17.4. The fourth-order valence-electron chi connectivity index (χ4n) is 3.17. The number of aryl methyl sites for hydroxylation is 3. The molecule has 2 heterocycles. The number of ketones is 1. The smallest absolute Gasteiger partial charge is 0.167 e. The molecule has 2 aromatic heterocycles. The number of Topliss-reactive ketones (excluding diaryl/α,β-unsaturated/α-hetero) is 1. The first-order chi connectivity index (χ1) is 11.8. The third kappa shape index (κ3) is 3.65. The summed E-state index contributed by atoms with van der Waals surface area (Å²) in [5.74, 6) is 0.165. The minimum Gasteiger partial charge on any atom is -0.294 e. The van der Waals surface area contributed by atoms with Crippen LogP contribution in [-0.4, -0.2) is 15.4 Å². The molecule has 0 fully saturated rings. The highest BCUT2D eigenvalue weighted by atomic mass is 16.1. The molecule has 0 aliphatic rings. The number of pyridine rings is 1. The Labute approximate surface area is 149 Å². The average molecular weight is 334 g/mol. The normalized spacial score (nSPS) is 11.9. The summed E-state index contributed by atoms with van der Waals surface area (Å²) in [5.41, 5.74) is 6.28. The maximum Gasteiger partial charge on any atom is 0.167 e. The van der Waals surface area contributed by atoms with Crippen LogP contribution in [-0.2, 0) is 11.8 Å². The highest BCUT2D eigenvalue weighted by Crippen LogP contribution is 2.23. The van der Waals surface area contributed by atoms with Crippen molar-refractivity contribution in [3.05, 3.63) is 70.5 Å². The lowest BCUT2D eigenvalue weighted by molar-refractivity contribution is 0.0984. The number of carbonyl (C=O) groups excluding carboxylic acids is 1. The van der Waals surface area contributed by atoms with E-state index in [4.69, 9.17) is 0 Å². The van der Waals surface area contributed by atoms with Gasteiger partial charge in [-0.15, -0.1) is 0 Å². The number of hydrogen-bond donors (Lipinski definition) is 0. The van der Waals surface area contributed by atoms with Gasteiger partial charge in [0.25, 0.3) is 0 Å². The summed E-state index contributed by atoms with van der Waals surface area (Å²) in [6, 6.07) is 12.7. The van der Waals surface area contributed by atoms with Gasteiger partial charge in [-0.05, 0) is 54.5 Å². The van der Waals surface area contributed by atoms with Crippen LogP contribution in [0.1, 0.15) is 59.9 Å². The zero-order valence-electron chi connectivity index (χ0n) is 15.8. The SMILES string of the molecule is Cc1ccn2nc(C)c(C(=O)CCc3ccc(C(C)(C)C)cc3)c2c1. The van der Waals surface area contributed by atoms with Gasteiger partial charge in [0, 0.05) is 12.6 Å². The lowest BCUT2D eigenvalue weighted by atomic mass is 9.86. The van der Waals surface area contributed by atoms with E-state index in [1.807, 2.05) is 32.2 Å². The molecule has 1 aromatic carbocycles. The van der Waals surface area contributed by atoms with Crippen molar-refractivity contribution in [3.63, 3.8) is 0 Å². The zero-order valence-corrected chi connectivity index (χ0v) is 15.8. The molecule has 3 rings (SSSR count). The molecule has 0 radical (unpaired) electrons. The Kier molecular flexibility index (Phi) is 4.51. The third-order valence-corrected chi connectivity index (χ3v) is 4.71. The summed E-state index contributed by atoms with van der Waals surface area (Å²) in [6.07, 6.45) is 3.18. The predicted molar refractivity (Wildman–Crippen MR) is 102 cm³/mol. The van der Waals surface area contributed by atoms with Gasteiger partial charge in [-0.2, -0.15) is 5.10 Å². The van der Waals surface area contributed by atoms with Crippen LogP contribution >= 0.6 is 0 Å². The monoisotopic (exact) mass is 334 g/mol. The first-order valence-electron chi connectivity index (χ1n) is 8.84. The second-order valence-electron chi connectivity index (χ2n) is 7.86. The minimum absolute atomic E-state index is 0.153. The molecule has 0 N–H and O–H groups in total. The number of rotatable bonds is 4. The molecule has 130 valence electrons. The molecule has 0 saturated carbocycles.